The first-order valence-corrected chi connectivity index (χ1v) is 15.0. The topological polar surface area (TPSA) is 56.1 Å². The van der Waals surface area contributed by atoms with Crippen molar-refractivity contribution in [2.24, 2.45) is 5.10 Å². The molecule has 6 rings (SSSR count). The normalized spacial score (nSPS) is 14.9. The van der Waals surface area contributed by atoms with Crippen molar-refractivity contribution in [3.63, 3.8) is 0 Å². The van der Waals surface area contributed by atoms with Crippen molar-refractivity contribution in [2.45, 2.75) is 23.9 Å². The molecule has 0 radical (unpaired) electrons. The smallest absolute Gasteiger partial charge is 0.253 e. The van der Waals surface area contributed by atoms with Crippen molar-refractivity contribution < 1.29 is 18.7 Å². The number of benzene rings is 3. The molecule has 0 saturated carbocycles. The Morgan fingerprint density at radius 1 is 1.05 bits per heavy atom. The maximum Gasteiger partial charge on any atom is 0.253 e. The SMILES string of the molecule is COc1cccc(C2CC(c3cccs3)=NN2C(=O)CSc2cn(Cc3cccc(F)c3)c3ccccc23)c1OC. The second kappa shape index (κ2) is 11.8. The van der Waals surface area contributed by atoms with Gasteiger partial charge in [0, 0.05) is 40.5 Å². The standard InChI is InChI=1S/C32H28FN3O3S2/c1-38-28-13-6-11-24(32(28)39-2)27-17-25(29-14-7-15-40-29)34-36(27)31(37)20-41-30-19-35(26-12-4-3-10-23(26)30)18-21-8-5-9-22(33)16-21/h3-16,19,27H,17-18,20H2,1-2H3. The minimum atomic E-state index is -0.320. The summed E-state index contributed by atoms with van der Waals surface area (Å²) in [6, 6.07) is 24.1. The number of ether oxygens (including phenoxy) is 2. The number of carbonyl (C=O) groups is 1. The van der Waals surface area contributed by atoms with Crippen molar-refractivity contribution >= 4 is 45.6 Å². The lowest BCUT2D eigenvalue weighted by molar-refractivity contribution is -0.130. The molecule has 0 fully saturated rings. The van der Waals surface area contributed by atoms with Gasteiger partial charge < -0.3 is 14.0 Å². The van der Waals surface area contributed by atoms with E-state index in [2.05, 4.69) is 10.6 Å². The molecule has 5 aromatic rings. The summed E-state index contributed by atoms with van der Waals surface area (Å²) in [6.45, 7) is 0.533. The van der Waals surface area contributed by atoms with Crippen LogP contribution in [0.15, 0.2) is 100 Å². The van der Waals surface area contributed by atoms with Gasteiger partial charge in [0.15, 0.2) is 11.5 Å². The predicted molar refractivity (Wildman–Crippen MR) is 163 cm³/mol. The molecule has 6 nitrogen and oxygen atoms in total. The first-order chi connectivity index (χ1) is 20.1. The quantitative estimate of drug-likeness (QED) is 0.170. The molecule has 1 unspecified atom stereocenters. The predicted octanol–water partition coefficient (Wildman–Crippen LogP) is 7.38. The zero-order valence-electron chi connectivity index (χ0n) is 22.6. The second-order valence-corrected chi connectivity index (χ2v) is 11.6. The third kappa shape index (κ3) is 5.47. The van der Waals surface area contributed by atoms with E-state index >= 15 is 0 Å². The van der Waals surface area contributed by atoms with Crippen molar-refractivity contribution in [2.75, 3.05) is 20.0 Å². The van der Waals surface area contributed by atoms with Gasteiger partial charge in [-0.2, -0.15) is 5.10 Å². The maximum absolute atomic E-state index is 13.8. The number of hydrogen-bond acceptors (Lipinski definition) is 6. The Bertz CT molecular complexity index is 1730. The van der Waals surface area contributed by atoms with Gasteiger partial charge in [-0.05, 0) is 41.3 Å². The molecule has 1 atom stereocenters. The van der Waals surface area contributed by atoms with Crippen molar-refractivity contribution in [3.8, 4) is 11.5 Å². The van der Waals surface area contributed by atoms with Crippen LogP contribution in [-0.2, 0) is 11.3 Å². The van der Waals surface area contributed by atoms with Crippen molar-refractivity contribution in [1.29, 1.82) is 0 Å². The Balaban J connectivity index is 1.28. The third-order valence-electron chi connectivity index (χ3n) is 7.11. The molecule has 0 spiro atoms. The number of hydrogen-bond donors (Lipinski definition) is 0. The lowest BCUT2D eigenvalue weighted by Gasteiger charge is -2.24. The number of para-hydroxylation sites is 2. The molecule has 3 heterocycles. The molecular formula is C32H28FN3O3S2. The molecule has 1 amide bonds. The molecular weight excluding hydrogens is 558 g/mol. The van der Waals surface area contributed by atoms with Crippen LogP contribution in [0.5, 0.6) is 11.5 Å². The minimum absolute atomic E-state index is 0.0987. The number of amides is 1. The van der Waals surface area contributed by atoms with E-state index in [1.807, 2.05) is 66.2 Å². The highest BCUT2D eigenvalue weighted by molar-refractivity contribution is 8.00. The summed E-state index contributed by atoms with van der Waals surface area (Å²) in [6.07, 6.45) is 2.62. The molecule has 1 aliphatic heterocycles. The van der Waals surface area contributed by atoms with Crippen LogP contribution >= 0.6 is 23.1 Å². The third-order valence-corrected chi connectivity index (χ3v) is 9.06. The van der Waals surface area contributed by atoms with Gasteiger partial charge in [-0.15, -0.1) is 23.1 Å². The molecule has 0 bridgehead atoms. The Kier molecular flexibility index (Phi) is 7.80. The Morgan fingerprint density at radius 2 is 1.90 bits per heavy atom. The number of thioether (sulfide) groups is 1. The lowest BCUT2D eigenvalue weighted by Crippen LogP contribution is -2.28. The van der Waals surface area contributed by atoms with Gasteiger partial charge in [-0.25, -0.2) is 9.40 Å². The van der Waals surface area contributed by atoms with E-state index < -0.39 is 0 Å². The van der Waals surface area contributed by atoms with Crippen LogP contribution in [0.1, 0.15) is 28.5 Å². The van der Waals surface area contributed by atoms with Crippen LogP contribution in [0.3, 0.4) is 0 Å². The number of methoxy groups -OCH3 is 2. The highest BCUT2D eigenvalue weighted by Gasteiger charge is 2.36. The first kappa shape index (κ1) is 27.1. The minimum Gasteiger partial charge on any atom is -0.493 e. The van der Waals surface area contributed by atoms with E-state index in [1.54, 1.807) is 42.7 Å². The summed E-state index contributed by atoms with van der Waals surface area (Å²) in [7, 11) is 3.22. The van der Waals surface area contributed by atoms with E-state index in [9.17, 15) is 9.18 Å². The second-order valence-electron chi connectivity index (χ2n) is 9.62. The maximum atomic E-state index is 13.8. The summed E-state index contributed by atoms with van der Waals surface area (Å²) in [5.74, 6) is 1.07. The van der Waals surface area contributed by atoms with Gasteiger partial charge in [0.2, 0.25) is 0 Å². The molecule has 41 heavy (non-hydrogen) atoms. The fourth-order valence-corrected chi connectivity index (χ4v) is 6.91. The highest BCUT2D eigenvalue weighted by Crippen LogP contribution is 2.42. The van der Waals surface area contributed by atoms with E-state index in [0.717, 1.165) is 37.5 Å². The van der Waals surface area contributed by atoms with Crippen LogP contribution in [0.25, 0.3) is 10.9 Å². The first-order valence-electron chi connectivity index (χ1n) is 13.1. The summed E-state index contributed by atoms with van der Waals surface area (Å²) < 4.78 is 27.2. The number of aromatic nitrogens is 1. The fraction of sp³-hybridized carbons (Fsp3) is 0.188. The average Bonchev–Trinajstić information content (AvgIpc) is 3.75. The fourth-order valence-electron chi connectivity index (χ4n) is 5.25. The molecule has 9 heteroatoms. The summed E-state index contributed by atoms with van der Waals surface area (Å²) in [5.41, 5.74) is 3.64. The monoisotopic (exact) mass is 585 g/mol. The summed E-state index contributed by atoms with van der Waals surface area (Å²) in [4.78, 5) is 15.9. The van der Waals surface area contributed by atoms with E-state index in [0.29, 0.717) is 24.5 Å². The molecule has 0 aliphatic carbocycles. The van der Waals surface area contributed by atoms with Gasteiger partial charge in [0.25, 0.3) is 5.91 Å². The van der Waals surface area contributed by atoms with Crippen LogP contribution in [0.4, 0.5) is 4.39 Å². The van der Waals surface area contributed by atoms with Crippen LogP contribution < -0.4 is 9.47 Å². The van der Waals surface area contributed by atoms with Gasteiger partial charge >= 0.3 is 0 Å². The number of nitrogens with zero attached hydrogens (tertiary/aromatic N) is 3. The van der Waals surface area contributed by atoms with Gasteiger partial charge in [0.1, 0.15) is 5.82 Å². The number of hydrazone groups is 1. The van der Waals surface area contributed by atoms with Gasteiger partial charge in [-0.3, -0.25) is 4.79 Å². The number of halogens is 1. The molecule has 0 N–H and O–H groups in total. The average molecular weight is 586 g/mol. The largest absolute Gasteiger partial charge is 0.493 e. The Morgan fingerprint density at radius 3 is 2.68 bits per heavy atom. The molecule has 1 aliphatic rings. The number of carbonyl (C=O) groups excluding carboxylic acids is 1. The van der Waals surface area contributed by atoms with Crippen LogP contribution in [0, 0.1) is 5.82 Å². The lowest BCUT2D eigenvalue weighted by atomic mass is 9.99. The van der Waals surface area contributed by atoms with Crippen molar-refractivity contribution in [3.05, 3.63) is 112 Å². The molecule has 3 aromatic carbocycles. The summed E-state index contributed by atoms with van der Waals surface area (Å²) in [5, 5.41) is 9.49. The van der Waals surface area contributed by atoms with Gasteiger partial charge in [0.05, 0.1) is 36.6 Å². The zero-order valence-corrected chi connectivity index (χ0v) is 24.3. The molecule has 0 saturated heterocycles. The van der Waals surface area contributed by atoms with Crippen LogP contribution in [-0.4, -0.2) is 41.2 Å². The van der Waals surface area contributed by atoms with E-state index in [-0.39, 0.29) is 23.5 Å². The number of fused-ring (bicyclic) bond motifs is 1. The van der Waals surface area contributed by atoms with E-state index in [4.69, 9.17) is 14.6 Å². The number of thiophene rings is 1. The molecule has 2 aromatic heterocycles. The van der Waals surface area contributed by atoms with Gasteiger partial charge in [-0.1, -0.05) is 48.5 Å². The zero-order chi connectivity index (χ0) is 28.3. The highest BCUT2D eigenvalue weighted by atomic mass is 32.2. The number of rotatable bonds is 9. The van der Waals surface area contributed by atoms with Crippen molar-refractivity contribution in [1.82, 2.24) is 9.58 Å². The van der Waals surface area contributed by atoms with Crippen LogP contribution in [0.2, 0.25) is 0 Å². The summed E-state index contributed by atoms with van der Waals surface area (Å²) >= 11 is 3.09. The Labute approximate surface area is 246 Å². The van der Waals surface area contributed by atoms with E-state index in [1.165, 1.54) is 17.8 Å². The molecule has 208 valence electrons. The Hall–Kier alpha value is -4.08.